The van der Waals surface area contributed by atoms with Gasteiger partial charge < -0.3 is 27.0 Å². The Hall–Kier alpha value is -0.200. The van der Waals surface area contributed by atoms with E-state index >= 15 is 0 Å². The molecule has 0 spiro atoms. The van der Waals surface area contributed by atoms with Gasteiger partial charge in [-0.25, -0.2) is 0 Å². The van der Waals surface area contributed by atoms with Crippen molar-refractivity contribution in [1.82, 2.24) is 21.3 Å². The molecule has 5 heteroatoms. The zero-order valence-corrected chi connectivity index (χ0v) is 23.3. The standard InChI is InChI=1S/C28H63N5/c1-6-7-8-9-10-11-12-13-14-15-16-17-18-19-20-30-22-26(3)32-24-28(5)33-23-27(4)31-21-25(2)29/h25-28,30-33H,6-24,29H2,1-5H3. The zero-order chi connectivity index (χ0) is 24.6. The number of nitrogens with one attached hydrogen (secondary N) is 4. The van der Waals surface area contributed by atoms with Crippen LogP contribution >= 0.6 is 0 Å². The normalized spacial score (nSPS) is 15.5. The van der Waals surface area contributed by atoms with Gasteiger partial charge in [-0.15, -0.1) is 0 Å². The van der Waals surface area contributed by atoms with Crippen molar-refractivity contribution in [2.45, 2.75) is 149 Å². The van der Waals surface area contributed by atoms with Crippen LogP contribution in [-0.2, 0) is 0 Å². The molecule has 4 unspecified atom stereocenters. The van der Waals surface area contributed by atoms with Crippen molar-refractivity contribution in [1.29, 1.82) is 0 Å². The van der Waals surface area contributed by atoms with Crippen LogP contribution in [0.5, 0.6) is 0 Å². The van der Waals surface area contributed by atoms with Crippen molar-refractivity contribution in [2.75, 3.05) is 32.7 Å². The van der Waals surface area contributed by atoms with Gasteiger partial charge in [-0.1, -0.05) is 90.4 Å². The summed E-state index contributed by atoms with van der Waals surface area (Å²) >= 11 is 0. The van der Waals surface area contributed by atoms with Crippen LogP contribution in [0.2, 0.25) is 0 Å². The molecule has 0 aromatic rings. The summed E-state index contributed by atoms with van der Waals surface area (Å²) in [5, 5.41) is 14.3. The molecular weight excluding hydrogens is 406 g/mol. The molecule has 6 N–H and O–H groups in total. The summed E-state index contributed by atoms with van der Waals surface area (Å²) in [5.41, 5.74) is 5.80. The molecule has 0 aromatic carbocycles. The van der Waals surface area contributed by atoms with Crippen molar-refractivity contribution < 1.29 is 0 Å². The highest BCUT2D eigenvalue weighted by Crippen LogP contribution is 2.12. The van der Waals surface area contributed by atoms with Gasteiger partial charge in [-0.2, -0.15) is 0 Å². The highest BCUT2D eigenvalue weighted by Gasteiger charge is 2.07. The molecule has 0 aliphatic heterocycles. The molecular formula is C28H63N5. The van der Waals surface area contributed by atoms with Crippen LogP contribution in [0.3, 0.4) is 0 Å². The van der Waals surface area contributed by atoms with Crippen molar-refractivity contribution in [3.63, 3.8) is 0 Å². The molecule has 5 nitrogen and oxygen atoms in total. The molecule has 0 aliphatic rings. The second kappa shape index (κ2) is 24.9. The van der Waals surface area contributed by atoms with E-state index in [0.29, 0.717) is 18.1 Å². The van der Waals surface area contributed by atoms with Gasteiger partial charge in [0.15, 0.2) is 0 Å². The maximum Gasteiger partial charge on any atom is 0.0164 e. The van der Waals surface area contributed by atoms with Crippen molar-refractivity contribution in [3.8, 4) is 0 Å². The number of hydrogen-bond donors (Lipinski definition) is 5. The van der Waals surface area contributed by atoms with Crippen molar-refractivity contribution >= 4 is 0 Å². The Morgan fingerprint density at radius 2 is 0.848 bits per heavy atom. The highest BCUT2D eigenvalue weighted by molar-refractivity contribution is 4.73. The molecule has 0 fully saturated rings. The molecule has 33 heavy (non-hydrogen) atoms. The Morgan fingerprint density at radius 3 is 1.27 bits per heavy atom. The summed E-state index contributed by atoms with van der Waals surface area (Å²) in [4.78, 5) is 0. The predicted molar refractivity (Wildman–Crippen MR) is 149 cm³/mol. The summed E-state index contributed by atoms with van der Waals surface area (Å²) in [5.74, 6) is 0. The molecule has 0 aliphatic carbocycles. The molecule has 0 rings (SSSR count). The first-order valence-electron chi connectivity index (χ1n) is 14.6. The summed E-state index contributed by atoms with van der Waals surface area (Å²) < 4.78 is 0. The highest BCUT2D eigenvalue weighted by atomic mass is 15.0. The molecule has 0 radical (unpaired) electrons. The SMILES string of the molecule is CCCCCCCCCCCCCCCCNCC(C)NCC(C)NCC(C)NCC(C)N. The summed E-state index contributed by atoms with van der Waals surface area (Å²) in [6, 6.07) is 1.64. The Morgan fingerprint density at radius 1 is 0.485 bits per heavy atom. The minimum atomic E-state index is 0.212. The van der Waals surface area contributed by atoms with E-state index in [1.54, 1.807) is 0 Å². The summed E-state index contributed by atoms with van der Waals surface area (Å²) in [6.45, 7) is 16.1. The van der Waals surface area contributed by atoms with E-state index in [0.717, 1.165) is 32.7 Å². The largest absolute Gasteiger partial charge is 0.327 e. The molecule has 0 heterocycles. The number of hydrogen-bond acceptors (Lipinski definition) is 5. The van der Waals surface area contributed by atoms with E-state index in [2.05, 4.69) is 49.0 Å². The van der Waals surface area contributed by atoms with Gasteiger partial charge in [0.2, 0.25) is 0 Å². The lowest BCUT2D eigenvalue weighted by Gasteiger charge is -2.22. The molecule has 0 aromatic heterocycles. The number of rotatable bonds is 26. The van der Waals surface area contributed by atoms with E-state index in [4.69, 9.17) is 5.73 Å². The second-order valence-electron chi connectivity index (χ2n) is 10.7. The zero-order valence-electron chi connectivity index (χ0n) is 23.3. The van der Waals surface area contributed by atoms with Gasteiger partial charge in [0.1, 0.15) is 0 Å². The minimum Gasteiger partial charge on any atom is -0.327 e. The third-order valence-electron chi connectivity index (χ3n) is 6.49. The lowest BCUT2D eigenvalue weighted by molar-refractivity contribution is 0.414. The monoisotopic (exact) mass is 470 g/mol. The molecule has 0 saturated carbocycles. The first-order chi connectivity index (χ1) is 16.0. The molecule has 0 bridgehead atoms. The molecule has 200 valence electrons. The van der Waals surface area contributed by atoms with E-state index in [1.807, 2.05) is 6.92 Å². The average Bonchev–Trinajstić information content (AvgIpc) is 2.79. The smallest absolute Gasteiger partial charge is 0.0164 e. The van der Waals surface area contributed by atoms with Crippen LogP contribution in [-0.4, -0.2) is 56.9 Å². The minimum absolute atomic E-state index is 0.212. The summed E-state index contributed by atoms with van der Waals surface area (Å²) in [6.07, 6.45) is 20.0. The average molecular weight is 470 g/mol. The van der Waals surface area contributed by atoms with Crippen molar-refractivity contribution in [3.05, 3.63) is 0 Å². The third kappa shape index (κ3) is 26.2. The van der Waals surface area contributed by atoms with Gasteiger partial charge in [0.05, 0.1) is 0 Å². The van der Waals surface area contributed by atoms with E-state index in [1.165, 1.54) is 89.9 Å². The molecule has 0 amide bonds. The van der Waals surface area contributed by atoms with Crippen LogP contribution in [0.4, 0.5) is 0 Å². The third-order valence-corrected chi connectivity index (χ3v) is 6.49. The molecule has 4 atom stereocenters. The quantitative estimate of drug-likeness (QED) is 0.111. The maximum absolute atomic E-state index is 5.80. The van der Waals surface area contributed by atoms with E-state index in [-0.39, 0.29) is 6.04 Å². The van der Waals surface area contributed by atoms with Crippen LogP contribution in [0, 0.1) is 0 Å². The first kappa shape index (κ1) is 32.8. The Balaban J connectivity index is 3.33. The van der Waals surface area contributed by atoms with Gasteiger partial charge in [-0.05, 0) is 40.7 Å². The van der Waals surface area contributed by atoms with Gasteiger partial charge in [0, 0.05) is 50.3 Å². The predicted octanol–water partition coefficient (Wildman–Crippen LogP) is 5.34. The lowest BCUT2D eigenvalue weighted by Crippen LogP contribution is -2.47. The maximum atomic E-state index is 5.80. The fourth-order valence-electron chi connectivity index (χ4n) is 4.12. The summed E-state index contributed by atoms with van der Waals surface area (Å²) in [7, 11) is 0. The number of unbranched alkanes of at least 4 members (excludes halogenated alkanes) is 13. The number of nitrogens with two attached hydrogens (primary N) is 1. The fraction of sp³-hybridized carbons (Fsp3) is 1.00. The van der Waals surface area contributed by atoms with E-state index < -0.39 is 0 Å². The Labute approximate surface area is 208 Å². The lowest BCUT2D eigenvalue weighted by atomic mass is 10.0. The Kier molecular flexibility index (Phi) is 24.8. The topological polar surface area (TPSA) is 74.1 Å². The van der Waals surface area contributed by atoms with E-state index in [9.17, 15) is 0 Å². The second-order valence-corrected chi connectivity index (χ2v) is 10.7. The van der Waals surface area contributed by atoms with Gasteiger partial charge in [-0.3, -0.25) is 0 Å². The first-order valence-corrected chi connectivity index (χ1v) is 14.6. The van der Waals surface area contributed by atoms with Crippen LogP contribution < -0.4 is 27.0 Å². The van der Waals surface area contributed by atoms with Crippen LogP contribution in [0.1, 0.15) is 125 Å². The van der Waals surface area contributed by atoms with Gasteiger partial charge in [0.25, 0.3) is 0 Å². The van der Waals surface area contributed by atoms with Crippen LogP contribution in [0.15, 0.2) is 0 Å². The van der Waals surface area contributed by atoms with Crippen LogP contribution in [0.25, 0.3) is 0 Å². The fourth-order valence-corrected chi connectivity index (χ4v) is 4.12. The van der Waals surface area contributed by atoms with Gasteiger partial charge >= 0.3 is 0 Å². The molecule has 0 saturated heterocycles. The Bertz CT molecular complexity index is 377. The van der Waals surface area contributed by atoms with Crippen molar-refractivity contribution in [2.24, 2.45) is 5.73 Å².